The smallest absolute Gasteiger partial charge is 0.178 e. The van der Waals surface area contributed by atoms with E-state index in [9.17, 15) is 4.79 Å². The van der Waals surface area contributed by atoms with Gasteiger partial charge in [0.1, 0.15) is 24.2 Å². The molecule has 150 valence electrons. The molecule has 2 atom stereocenters. The highest BCUT2D eigenvalue weighted by Crippen LogP contribution is 2.48. The van der Waals surface area contributed by atoms with Gasteiger partial charge in [0.25, 0.3) is 0 Å². The lowest BCUT2D eigenvalue weighted by molar-refractivity contribution is 0.0557. The number of ether oxygens (including phenoxy) is 4. The van der Waals surface area contributed by atoms with E-state index in [1.165, 1.54) is 5.56 Å². The Balaban J connectivity index is 1.61. The Morgan fingerprint density at radius 2 is 1.86 bits per heavy atom. The summed E-state index contributed by atoms with van der Waals surface area (Å²) in [4.78, 5) is 13.5. The minimum absolute atomic E-state index is 0.0639. The van der Waals surface area contributed by atoms with Crippen LogP contribution < -0.4 is 18.9 Å². The summed E-state index contributed by atoms with van der Waals surface area (Å²) in [7, 11) is 3.17. The number of carbonyl (C=O) groups excluding carboxylic acids is 1. The summed E-state index contributed by atoms with van der Waals surface area (Å²) >= 11 is 0. The molecule has 2 heterocycles. The topological polar surface area (TPSA) is 54.0 Å². The Bertz CT molecular complexity index is 1050. The first-order valence-electron chi connectivity index (χ1n) is 9.86. The maximum Gasteiger partial charge on any atom is 0.178 e. The maximum absolute atomic E-state index is 13.5. The van der Waals surface area contributed by atoms with Crippen LogP contribution in [0.5, 0.6) is 23.0 Å². The molecule has 0 aromatic heterocycles. The SMILES string of the molecule is COc1cc2c(cc1OC)[C@@H]1C(=O)c3ccc4c(c3O[C@@H]1CO2)C=CC(C)(C)C4. The van der Waals surface area contributed by atoms with Crippen LogP contribution in [0, 0.1) is 5.41 Å². The van der Waals surface area contributed by atoms with E-state index >= 15 is 0 Å². The number of allylic oxidation sites excluding steroid dienone is 1. The molecule has 0 spiro atoms. The van der Waals surface area contributed by atoms with Crippen molar-refractivity contribution in [3.63, 3.8) is 0 Å². The van der Waals surface area contributed by atoms with Crippen LogP contribution >= 0.6 is 0 Å². The van der Waals surface area contributed by atoms with Crippen molar-refractivity contribution >= 4 is 11.9 Å². The summed E-state index contributed by atoms with van der Waals surface area (Å²) in [6.45, 7) is 4.74. The number of fused-ring (bicyclic) bond motifs is 6. The zero-order chi connectivity index (χ0) is 20.3. The average Bonchev–Trinajstić information content (AvgIpc) is 2.71. The van der Waals surface area contributed by atoms with Crippen LogP contribution in [0.2, 0.25) is 0 Å². The third kappa shape index (κ3) is 2.71. The van der Waals surface area contributed by atoms with E-state index in [1.807, 2.05) is 12.1 Å². The van der Waals surface area contributed by atoms with Gasteiger partial charge >= 0.3 is 0 Å². The van der Waals surface area contributed by atoms with E-state index in [4.69, 9.17) is 18.9 Å². The van der Waals surface area contributed by atoms with Crippen LogP contribution in [0.1, 0.15) is 46.8 Å². The first-order chi connectivity index (χ1) is 13.9. The Kier molecular flexibility index (Phi) is 3.92. The standard InChI is InChI=1S/C24H24O5/c1-24(2)8-7-14-13(11-24)5-6-15-22(25)21-16-9-18(26-3)19(27-4)10-17(16)28-12-20(21)29-23(14)15/h5-10,20-21H,11-12H2,1-4H3/t20-,21+/m1/s1. The molecule has 5 nitrogen and oxygen atoms in total. The van der Waals surface area contributed by atoms with Gasteiger partial charge in [-0.15, -0.1) is 0 Å². The van der Waals surface area contributed by atoms with E-state index in [0.717, 1.165) is 17.5 Å². The molecule has 2 aromatic carbocycles. The Morgan fingerprint density at radius 3 is 2.62 bits per heavy atom. The van der Waals surface area contributed by atoms with Gasteiger partial charge in [0, 0.05) is 17.2 Å². The zero-order valence-electron chi connectivity index (χ0n) is 17.1. The van der Waals surface area contributed by atoms with Crippen molar-refractivity contribution < 1.29 is 23.7 Å². The molecule has 0 unspecified atom stereocenters. The van der Waals surface area contributed by atoms with Gasteiger partial charge in [-0.1, -0.05) is 32.1 Å². The number of benzene rings is 2. The van der Waals surface area contributed by atoms with E-state index in [-0.39, 0.29) is 17.3 Å². The fourth-order valence-electron chi connectivity index (χ4n) is 4.60. The summed E-state index contributed by atoms with van der Waals surface area (Å²) < 4.78 is 23.1. The lowest BCUT2D eigenvalue weighted by Crippen LogP contribution is -2.43. The molecule has 0 amide bonds. The van der Waals surface area contributed by atoms with Crippen molar-refractivity contribution in [1.82, 2.24) is 0 Å². The van der Waals surface area contributed by atoms with Gasteiger partial charge in [0.2, 0.25) is 0 Å². The molecule has 2 aliphatic heterocycles. The molecule has 0 bridgehead atoms. The minimum atomic E-state index is -0.423. The molecular weight excluding hydrogens is 368 g/mol. The maximum atomic E-state index is 13.5. The number of hydrogen-bond donors (Lipinski definition) is 0. The Labute approximate surface area is 170 Å². The van der Waals surface area contributed by atoms with Gasteiger partial charge in [0.05, 0.1) is 25.7 Å². The van der Waals surface area contributed by atoms with Gasteiger partial charge in [-0.3, -0.25) is 4.79 Å². The average molecular weight is 392 g/mol. The van der Waals surface area contributed by atoms with Crippen LogP contribution in [0.3, 0.4) is 0 Å². The number of carbonyl (C=O) groups is 1. The fourth-order valence-corrected chi connectivity index (χ4v) is 4.60. The summed E-state index contributed by atoms with van der Waals surface area (Å²) in [5.41, 5.74) is 3.75. The van der Waals surface area contributed by atoms with E-state index in [2.05, 4.69) is 32.1 Å². The van der Waals surface area contributed by atoms with Crippen LogP contribution in [0.4, 0.5) is 0 Å². The zero-order valence-corrected chi connectivity index (χ0v) is 17.1. The van der Waals surface area contributed by atoms with Crippen molar-refractivity contribution in [3.8, 4) is 23.0 Å². The van der Waals surface area contributed by atoms with Crippen molar-refractivity contribution in [2.24, 2.45) is 5.41 Å². The normalized spacial score (nSPS) is 23.0. The van der Waals surface area contributed by atoms with Crippen molar-refractivity contribution in [3.05, 3.63) is 52.6 Å². The molecule has 1 aliphatic carbocycles. The Hall–Kier alpha value is -2.95. The van der Waals surface area contributed by atoms with Crippen LogP contribution in [0.25, 0.3) is 6.08 Å². The number of ketones is 1. The second-order valence-corrected chi connectivity index (χ2v) is 8.57. The fraction of sp³-hybridized carbons (Fsp3) is 0.375. The molecule has 0 saturated carbocycles. The molecular formula is C24H24O5. The van der Waals surface area contributed by atoms with Crippen molar-refractivity contribution in [2.75, 3.05) is 20.8 Å². The quantitative estimate of drug-likeness (QED) is 0.757. The Morgan fingerprint density at radius 1 is 1.10 bits per heavy atom. The lowest BCUT2D eigenvalue weighted by Gasteiger charge is -2.38. The summed E-state index contributed by atoms with van der Waals surface area (Å²) in [5, 5.41) is 0. The highest BCUT2D eigenvalue weighted by atomic mass is 16.5. The molecule has 0 radical (unpaired) electrons. The molecule has 3 aliphatic rings. The van der Waals surface area contributed by atoms with Crippen LogP contribution in [-0.4, -0.2) is 32.7 Å². The van der Waals surface area contributed by atoms with E-state index < -0.39 is 5.92 Å². The summed E-state index contributed by atoms with van der Waals surface area (Å²) in [5.74, 6) is 2.12. The summed E-state index contributed by atoms with van der Waals surface area (Å²) in [6.07, 6.45) is 4.85. The number of hydrogen-bond acceptors (Lipinski definition) is 5. The summed E-state index contributed by atoms with van der Waals surface area (Å²) in [6, 6.07) is 7.59. The molecule has 5 heteroatoms. The second-order valence-electron chi connectivity index (χ2n) is 8.57. The van der Waals surface area contributed by atoms with Crippen molar-refractivity contribution in [2.45, 2.75) is 32.3 Å². The largest absolute Gasteiger partial charge is 0.493 e. The van der Waals surface area contributed by atoms with Crippen molar-refractivity contribution in [1.29, 1.82) is 0 Å². The van der Waals surface area contributed by atoms with Gasteiger partial charge in [-0.25, -0.2) is 0 Å². The predicted octanol–water partition coefficient (Wildman–Crippen LogP) is 4.42. The third-order valence-corrected chi connectivity index (χ3v) is 6.08. The van der Waals surface area contributed by atoms with E-state index in [1.54, 1.807) is 20.3 Å². The van der Waals surface area contributed by atoms with Crippen LogP contribution in [0.15, 0.2) is 30.3 Å². The third-order valence-electron chi connectivity index (χ3n) is 6.08. The van der Waals surface area contributed by atoms with Gasteiger partial charge in [-0.2, -0.15) is 0 Å². The molecule has 0 N–H and O–H groups in total. The first kappa shape index (κ1) is 18.1. The second kappa shape index (κ2) is 6.28. The van der Waals surface area contributed by atoms with E-state index in [0.29, 0.717) is 35.2 Å². The molecule has 29 heavy (non-hydrogen) atoms. The highest BCUT2D eigenvalue weighted by molar-refractivity contribution is 6.06. The highest BCUT2D eigenvalue weighted by Gasteiger charge is 2.44. The van der Waals surface area contributed by atoms with Gasteiger partial charge in [-0.05, 0) is 29.5 Å². The monoisotopic (exact) mass is 392 g/mol. The van der Waals surface area contributed by atoms with Gasteiger partial charge < -0.3 is 18.9 Å². The number of Topliss-reactive ketones (excluding diaryl/α,β-unsaturated/α-hetero) is 1. The van der Waals surface area contributed by atoms with Gasteiger partial charge in [0.15, 0.2) is 17.3 Å². The number of methoxy groups -OCH3 is 2. The predicted molar refractivity (Wildman–Crippen MR) is 109 cm³/mol. The molecule has 5 rings (SSSR count). The number of rotatable bonds is 2. The molecule has 0 saturated heterocycles. The minimum Gasteiger partial charge on any atom is -0.493 e. The molecule has 0 fully saturated rings. The first-order valence-corrected chi connectivity index (χ1v) is 9.86. The van der Waals surface area contributed by atoms with Crippen LogP contribution in [-0.2, 0) is 6.42 Å². The molecule has 2 aromatic rings. The lowest BCUT2D eigenvalue weighted by atomic mass is 9.76.